The van der Waals surface area contributed by atoms with Gasteiger partial charge in [-0.05, 0) is 52.7 Å². The average Bonchev–Trinajstić information content (AvgIpc) is 3.31. The number of nitrogens with two attached hydrogens (primary N) is 1. The summed E-state index contributed by atoms with van der Waals surface area (Å²) in [5.41, 5.74) is 8.93. The zero-order chi connectivity index (χ0) is 21.3. The van der Waals surface area contributed by atoms with Gasteiger partial charge in [0.25, 0.3) is 11.8 Å². The van der Waals surface area contributed by atoms with E-state index in [-0.39, 0.29) is 5.91 Å². The Labute approximate surface area is 185 Å². The smallest absolute Gasteiger partial charge is 0.256 e. The van der Waals surface area contributed by atoms with Crippen molar-refractivity contribution in [1.82, 2.24) is 9.78 Å². The lowest BCUT2D eigenvalue weighted by molar-refractivity contribution is 0.100. The van der Waals surface area contributed by atoms with Gasteiger partial charge in [0.15, 0.2) is 0 Å². The highest BCUT2D eigenvalue weighted by atomic mass is 79.9. The number of carbonyl (C=O) groups is 2. The zero-order valence-electron chi connectivity index (χ0n) is 15.9. The number of carbonyl (C=O) groups excluding carboxylic acids is 2. The molecule has 3 N–H and O–H groups in total. The topological polar surface area (TPSA) is 90.0 Å². The molecule has 2 amide bonds. The number of rotatable bonds is 5. The minimum absolute atomic E-state index is 0.313. The quantitative estimate of drug-likeness (QED) is 0.419. The molecule has 2 aromatic carbocycles. The Bertz CT molecular complexity index is 1230. The highest BCUT2D eigenvalue weighted by Crippen LogP contribution is 2.39. The van der Waals surface area contributed by atoms with Gasteiger partial charge in [-0.1, -0.05) is 30.3 Å². The molecule has 30 heavy (non-hydrogen) atoms. The lowest BCUT2D eigenvalue weighted by Gasteiger charge is -2.08. The van der Waals surface area contributed by atoms with E-state index in [4.69, 9.17) is 5.73 Å². The summed E-state index contributed by atoms with van der Waals surface area (Å²) in [7, 11) is 0. The van der Waals surface area contributed by atoms with E-state index in [1.165, 1.54) is 11.3 Å². The van der Waals surface area contributed by atoms with Crippen LogP contribution in [-0.2, 0) is 0 Å². The lowest BCUT2D eigenvalue weighted by atomic mass is 10.0. The molecule has 4 rings (SSSR count). The first-order chi connectivity index (χ1) is 14.4. The van der Waals surface area contributed by atoms with E-state index in [1.54, 1.807) is 35.1 Å². The van der Waals surface area contributed by atoms with Gasteiger partial charge in [0, 0.05) is 22.2 Å². The Morgan fingerprint density at radius 2 is 1.80 bits per heavy atom. The van der Waals surface area contributed by atoms with Crippen molar-refractivity contribution in [3.8, 4) is 16.8 Å². The van der Waals surface area contributed by atoms with Gasteiger partial charge < -0.3 is 11.1 Å². The SMILES string of the molecule is Cc1sc(NC(=O)c2ccc(-n3cc(Br)cn3)cc2)c(C(N)=O)c1-c1ccccc1. The third-order valence-electron chi connectivity index (χ3n) is 4.57. The number of hydrogen-bond acceptors (Lipinski definition) is 4. The monoisotopic (exact) mass is 480 g/mol. The zero-order valence-corrected chi connectivity index (χ0v) is 18.3. The van der Waals surface area contributed by atoms with Crippen LogP contribution in [0.3, 0.4) is 0 Å². The van der Waals surface area contributed by atoms with E-state index in [9.17, 15) is 9.59 Å². The molecule has 0 aliphatic carbocycles. The highest BCUT2D eigenvalue weighted by molar-refractivity contribution is 9.10. The Morgan fingerprint density at radius 3 is 2.40 bits per heavy atom. The molecule has 0 saturated heterocycles. The van der Waals surface area contributed by atoms with Crippen molar-refractivity contribution >= 4 is 44.1 Å². The summed E-state index contributed by atoms with van der Waals surface area (Å²) in [5, 5.41) is 7.52. The number of hydrogen-bond donors (Lipinski definition) is 2. The summed E-state index contributed by atoms with van der Waals surface area (Å²) in [6, 6.07) is 16.6. The van der Waals surface area contributed by atoms with E-state index >= 15 is 0 Å². The third-order valence-corrected chi connectivity index (χ3v) is 6.00. The fourth-order valence-corrected chi connectivity index (χ4v) is 4.57. The minimum Gasteiger partial charge on any atom is -0.365 e. The van der Waals surface area contributed by atoms with Crippen LogP contribution in [0.5, 0.6) is 0 Å². The molecule has 0 radical (unpaired) electrons. The van der Waals surface area contributed by atoms with E-state index in [0.29, 0.717) is 16.1 Å². The number of anilines is 1. The predicted molar refractivity (Wildman–Crippen MR) is 122 cm³/mol. The predicted octanol–water partition coefficient (Wildman–Crippen LogP) is 5.02. The van der Waals surface area contributed by atoms with Crippen LogP contribution in [0, 0.1) is 6.92 Å². The normalized spacial score (nSPS) is 10.7. The van der Waals surface area contributed by atoms with Gasteiger partial charge in [-0.15, -0.1) is 11.3 Å². The van der Waals surface area contributed by atoms with Crippen molar-refractivity contribution in [3.63, 3.8) is 0 Å². The fourth-order valence-electron chi connectivity index (χ4n) is 3.20. The largest absolute Gasteiger partial charge is 0.365 e. The van der Waals surface area contributed by atoms with Gasteiger partial charge in [-0.3, -0.25) is 9.59 Å². The molecule has 0 aliphatic heterocycles. The van der Waals surface area contributed by atoms with Crippen molar-refractivity contribution < 1.29 is 9.59 Å². The van der Waals surface area contributed by atoms with Crippen molar-refractivity contribution in [2.45, 2.75) is 6.92 Å². The molecular weight excluding hydrogens is 464 g/mol. The van der Waals surface area contributed by atoms with Crippen molar-refractivity contribution in [3.05, 3.63) is 87.5 Å². The number of thiophene rings is 1. The number of nitrogens with zero attached hydrogens (tertiary/aromatic N) is 2. The average molecular weight is 481 g/mol. The molecule has 4 aromatic rings. The minimum atomic E-state index is -0.576. The van der Waals surface area contributed by atoms with Crippen LogP contribution in [0.4, 0.5) is 5.00 Å². The molecule has 0 spiro atoms. The van der Waals surface area contributed by atoms with Gasteiger partial charge in [-0.25, -0.2) is 4.68 Å². The molecular formula is C22H17BrN4O2S. The van der Waals surface area contributed by atoms with Crippen LogP contribution >= 0.6 is 27.3 Å². The molecule has 8 heteroatoms. The van der Waals surface area contributed by atoms with Crippen molar-refractivity contribution in [1.29, 1.82) is 0 Å². The Morgan fingerprint density at radius 1 is 1.10 bits per heavy atom. The molecule has 0 bridgehead atoms. The summed E-state index contributed by atoms with van der Waals surface area (Å²) in [5.74, 6) is -0.889. The maximum atomic E-state index is 12.8. The summed E-state index contributed by atoms with van der Waals surface area (Å²) >= 11 is 4.70. The van der Waals surface area contributed by atoms with Gasteiger partial charge in [0.05, 0.1) is 21.9 Å². The molecule has 150 valence electrons. The first-order valence-corrected chi connectivity index (χ1v) is 10.7. The summed E-state index contributed by atoms with van der Waals surface area (Å²) < 4.78 is 2.57. The van der Waals surface area contributed by atoms with Gasteiger partial charge >= 0.3 is 0 Å². The van der Waals surface area contributed by atoms with Gasteiger partial charge in [0.2, 0.25) is 0 Å². The molecule has 0 fully saturated rings. The maximum Gasteiger partial charge on any atom is 0.256 e. The molecule has 0 saturated carbocycles. The van der Waals surface area contributed by atoms with Crippen LogP contribution < -0.4 is 11.1 Å². The number of amides is 2. The second-order valence-electron chi connectivity index (χ2n) is 6.57. The standard InChI is InChI=1S/C22H17BrN4O2S/c1-13-18(14-5-3-2-4-6-14)19(20(24)28)22(30-13)26-21(29)15-7-9-17(10-8-15)27-12-16(23)11-25-27/h2-12H,1H3,(H2,24,28)(H,26,29). The lowest BCUT2D eigenvalue weighted by Crippen LogP contribution is -2.17. The van der Waals surface area contributed by atoms with Crippen molar-refractivity contribution in [2.75, 3.05) is 5.32 Å². The van der Waals surface area contributed by atoms with Crippen LogP contribution in [-0.4, -0.2) is 21.6 Å². The molecule has 0 atom stereocenters. The van der Waals surface area contributed by atoms with E-state index in [0.717, 1.165) is 26.2 Å². The second-order valence-corrected chi connectivity index (χ2v) is 8.71. The molecule has 6 nitrogen and oxygen atoms in total. The van der Waals surface area contributed by atoms with Crippen LogP contribution in [0.15, 0.2) is 71.5 Å². The van der Waals surface area contributed by atoms with E-state index in [1.807, 2.05) is 43.5 Å². The Balaban J connectivity index is 1.63. The van der Waals surface area contributed by atoms with Crippen LogP contribution in [0.2, 0.25) is 0 Å². The Kier molecular flexibility index (Phi) is 5.52. The maximum absolute atomic E-state index is 12.8. The van der Waals surface area contributed by atoms with Gasteiger partial charge in [-0.2, -0.15) is 5.10 Å². The van der Waals surface area contributed by atoms with E-state index in [2.05, 4.69) is 26.3 Å². The second kappa shape index (κ2) is 8.25. The van der Waals surface area contributed by atoms with Crippen LogP contribution in [0.25, 0.3) is 16.8 Å². The number of benzene rings is 2. The third kappa shape index (κ3) is 3.92. The summed E-state index contributed by atoms with van der Waals surface area (Å²) in [6.45, 7) is 1.91. The summed E-state index contributed by atoms with van der Waals surface area (Å²) in [4.78, 5) is 25.9. The number of aryl methyl sites for hydroxylation is 1. The number of nitrogens with one attached hydrogen (secondary N) is 1. The van der Waals surface area contributed by atoms with Crippen molar-refractivity contribution in [2.24, 2.45) is 5.73 Å². The molecule has 2 aromatic heterocycles. The Hall–Kier alpha value is -3.23. The molecule has 2 heterocycles. The molecule has 0 aliphatic rings. The van der Waals surface area contributed by atoms with Gasteiger partial charge in [0.1, 0.15) is 5.00 Å². The highest BCUT2D eigenvalue weighted by Gasteiger charge is 2.23. The molecule has 0 unspecified atom stereocenters. The fraction of sp³-hybridized carbons (Fsp3) is 0.0455. The number of halogens is 1. The first-order valence-electron chi connectivity index (χ1n) is 9.04. The van der Waals surface area contributed by atoms with Crippen LogP contribution in [0.1, 0.15) is 25.6 Å². The summed E-state index contributed by atoms with van der Waals surface area (Å²) in [6.07, 6.45) is 3.52. The first kappa shape index (κ1) is 20.1. The van der Waals surface area contributed by atoms with E-state index < -0.39 is 5.91 Å². The number of primary amides is 1. The number of aromatic nitrogens is 2.